The lowest BCUT2D eigenvalue weighted by molar-refractivity contribution is -0.108. The van der Waals surface area contributed by atoms with E-state index in [1.165, 1.54) is 12.8 Å². The molecule has 0 aliphatic carbocycles. The predicted octanol–water partition coefficient (Wildman–Crippen LogP) is 2.01. The minimum Gasteiger partial charge on any atom is -0.379 e. The van der Waals surface area contributed by atoms with Crippen LogP contribution in [0.4, 0.5) is 0 Å². The van der Waals surface area contributed by atoms with Crippen LogP contribution in [-0.4, -0.2) is 32.6 Å². The lowest BCUT2D eigenvalue weighted by Gasteiger charge is -2.10. The SMILES string of the molecule is C1COCCN1.CCC(CC)CCC=O. The molecular formula is C12H25NO2. The van der Waals surface area contributed by atoms with Crippen LogP contribution in [0.3, 0.4) is 0 Å². The van der Waals surface area contributed by atoms with Crippen molar-refractivity contribution >= 4 is 6.29 Å². The van der Waals surface area contributed by atoms with Gasteiger partial charge in [-0.05, 0) is 12.3 Å². The lowest BCUT2D eigenvalue weighted by atomic mass is 9.98. The summed E-state index contributed by atoms with van der Waals surface area (Å²) in [6.45, 7) is 8.19. The van der Waals surface area contributed by atoms with Gasteiger partial charge >= 0.3 is 0 Å². The fourth-order valence-electron chi connectivity index (χ4n) is 1.52. The van der Waals surface area contributed by atoms with E-state index in [0.29, 0.717) is 0 Å². The first kappa shape index (κ1) is 14.6. The summed E-state index contributed by atoms with van der Waals surface area (Å²) in [4.78, 5) is 9.94. The molecule has 0 unspecified atom stereocenters. The molecule has 1 fully saturated rings. The number of carbonyl (C=O) groups is 1. The molecule has 1 saturated heterocycles. The van der Waals surface area contributed by atoms with Crippen LogP contribution in [-0.2, 0) is 9.53 Å². The summed E-state index contributed by atoms with van der Waals surface area (Å²) in [6, 6.07) is 0. The van der Waals surface area contributed by atoms with Gasteiger partial charge in [-0.3, -0.25) is 0 Å². The van der Waals surface area contributed by atoms with Gasteiger partial charge in [0.2, 0.25) is 0 Å². The largest absolute Gasteiger partial charge is 0.379 e. The maximum atomic E-state index is 9.94. The highest BCUT2D eigenvalue weighted by Gasteiger charge is 2.00. The highest BCUT2D eigenvalue weighted by molar-refractivity contribution is 5.49. The van der Waals surface area contributed by atoms with Crippen LogP contribution in [0.15, 0.2) is 0 Å². The van der Waals surface area contributed by atoms with Crippen molar-refractivity contribution in [1.82, 2.24) is 5.32 Å². The molecule has 0 atom stereocenters. The predicted molar refractivity (Wildman–Crippen MR) is 63.1 cm³/mol. The van der Waals surface area contributed by atoms with E-state index >= 15 is 0 Å². The van der Waals surface area contributed by atoms with Crippen LogP contribution in [0.1, 0.15) is 39.5 Å². The number of rotatable bonds is 5. The molecule has 15 heavy (non-hydrogen) atoms. The van der Waals surface area contributed by atoms with Gasteiger partial charge < -0.3 is 14.8 Å². The summed E-state index contributed by atoms with van der Waals surface area (Å²) in [5, 5.41) is 3.16. The van der Waals surface area contributed by atoms with Gasteiger partial charge in [-0.15, -0.1) is 0 Å². The summed E-state index contributed by atoms with van der Waals surface area (Å²) in [5.74, 6) is 0.773. The highest BCUT2D eigenvalue weighted by Crippen LogP contribution is 2.12. The Bertz CT molecular complexity index is 120. The van der Waals surface area contributed by atoms with Gasteiger partial charge in [0, 0.05) is 19.5 Å². The zero-order valence-electron chi connectivity index (χ0n) is 10.1. The van der Waals surface area contributed by atoms with E-state index in [9.17, 15) is 4.79 Å². The molecule has 1 aliphatic heterocycles. The minimum absolute atomic E-state index is 0.742. The Labute approximate surface area is 93.6 Å². The molecular weight excluding hydrogens is 190 g/mol. The van der Waals surface area contributed by atoms with Gasteiger partial charge in [-0.25, -0.2) is 0 Å². The summed E-state index contributed by atoms with van der Waals surface area (Å²) in [5.41, 5.74) is 0. The quantitative estimate of drug-likeness (QED) is 0.713. The van der Waals surface area contributed by atoms with E-state index in [-0.39, 0.29) is 0 Å². The lowest BCUT2D eigenvalue weighted by Crippen LogP contribution is -2.30. The molecule has 1 N–H and O–H groups in total. The molecule has 1 aliphatic rings. The molecule has 3 nitrogen and oxygen atoms in total. The summed E-state index contributed by atoms with van der Waals surface area (Å²) in [6.07, 6.45) is 5.26. The van der Waals surface area contributed by atoms with Crippen molar-refractivity contribution < 1.29 is 9.53 Å². The fraction of sp³-hybridized carbons (Fsp3) is 0.917. The first-order valence-corrected chi connectivity index (χ1v) is 6.07. The Morgan fingerprint density at radius 3 is 2.13 bits per heavy atom. The zero-order valence-corrected chi connectivity index (χ0v) is 10.1. The van der Waals surface area contributed by atoms with E-state index in [1.807, 2.05) is 0 Å². The number of nitrogens with one attached hydrogen (secondary N) is 1. The number of carbonyl (C=O) groups excluding carboxylic acids is 1. The first-order valence-electron chi connectivity index (χ1n) is 6.07. The van der Waals surface area contributed by atoms with Gasteiger partial charge in [-0.1, -0.05) is 26.7 Å². The number of hydrogen-bond donors (Lipinski definition) is 1. The van der Waals surface area contributed by atoms with Crippen LogP contribution in [0.5, 0.6) is 0 Å². The molecule has 0 aromatic carbocycles. The van der Waals surface area contributed by atoms with Gasteiger partial charge in [0.15, 0.2) is 0 Å². The van der Waals surface area contributed by atoms with Crippen LogP contribution in [0.2, 0.25) is 0 Å². The normalized spacial score (nSPS) is 15.7. The fourth-order valence-corrected chi connectivity index (χ4v) is 1.52. The van der Waals surface area contributed by atoms with Crippen molar-refractivity contribution in [3.05, 3.63) is 0 Å². The minimum atomic E-state index is 0.742. The molecule has 0 saturated carbocycles. The number of ether oxygens (including phenoxy) is 1. The molecule has 3 heteroatoms. The van der Waals surface area contributed by atoms with E-state index < -0.39 is 0 Å². The third-order valence-corrected chi connectivity index (χ3v) is 2.69. The second kappa shape index (κ2) is 11.7. The van der Waals surface area contributed by atoms with E-state index in [2.05, 4.69) is 19.2 Å². The smallest absolute Gasteiger partial charge is 0.120 e. The topological polar surface area (TPSA) is 38.3 Å². The maximum absolute atomic E-state index is 9.94. The van der Waals surface area contributed by atoms with E-state index in [4.69, 9.17) is 4.74 Å². The van der Waals surface area contributed by atoms with Crippen molar-refractivity contribution in [2.75, 3.05) is 26.3 Å². The summed E-state index contributed by atoms with van der Waals surface area (Å²) < 4.78 is 5.01. The molecule has 0 spiro atoms. The Hall–Kier alpha value is -0.410. The number of hydrogen-bond acceptors (Lipinski definition) is 3. The summed E-state index contributed by atoms with van der Waals surface area (Å²) in [7, 11) is 0. The van der Waals surface area contributed by atoms with Crippen LogP contribution < -0.4 is 5.32 Å². The molecule has 1 heterocycles. The standard InChI is InChI=1S/C8H16O.C4H9NO/c1-3-8(4-2)6-5-7-9;1-3-6-4-2-5-1/h7-8H,3-6H2,1-2H3;5H,1-4H2. The highest BCUT2D eigenvalue weighted by atomic mass is 16.5. The van der Waals surface area contributed by atoms with Crippen molar-refractivity contribution in [1.29, 1.82) is 0 Å². The molecule has 90 valence electrons. The summed E-state index contributed by atoms with van der Waals surface area (Å²) >= 11 is 0. The molecule has 0 bridgehead atoms. The van der Waals surface area contributed by atoms with Crippen LogP contribution in [0, 0.1) is 5.92 Å². The average molecular weight is 215 g/mol. The van der Waals surface area contributed by atoms with E-state index in [1.54, 1.807) is 0 Å². The Morgan fingerprint density at radius 2 is 1.87 bits per heavy atom. The monoisotopic (exact) mass is 215 g/mol. The third-order valence-electron chi connectivity index (χ3n) is 2.69. The van der Waals surface area contributed by atoms with Crippen LogP contribution in [0.25, 0.3) is 0 Å². The van der Waals surface area contributed by atoms with Gasteiger partial charge in [0.05, 0.1) is 13.2 Å². The molecule has 1 rings (SSSR count). The van der Waals surface area contributed by atoms with Crippen molar-refractivity contribution in [2.24, 2.45) is 5.92 Å². The zero-order chi connectivity index (χ0) is 11.4. The Balaban J connectivity index is 0.000000280. The average Bonchev–Trinajstić information content (AvgIpc) is 2.34. The Kier molecular flexibility index (Phi) is 11.3. The maximum Gasteiger partial charge on any atom is 0.120 e. The second-order valence-corrected chi connectivity index (χ2v) is 3.79. The second-order valence-electron chi connectivity index (χ2n) is 3.79. The third kappa shape index (κ3) is 9.88. The molecule has 0 amide bonds. The van der Waals surface area contributed by atoms with E-state index in [0.717, 1.165) is 51.3 Å². The first-order chi connectivity index (χ1) is 7.35. The molecule has 0 radical (unpaired) electrons. The van der Waals surface area contributed by atoms with Crippen molar-refractivity contribution in [3.8, 4) is 0 Å². The van der Waals surface area contributed by atoms with Gasteiger partial charge in [-0.2, -0.15) is 0 Å². The molecule has 0 aromatic rings. The van der Waals surface area contributed by atoms with Crippen molar-refractivity contribution in [2.45, 2.75) is 39.5 Å². The van der Waals surface area contributed by atoms with Gasteiger partial charge in [0.25, 0.3) is 0 Å². The van der Waals surface area contributed by atoms with Gasteiger partial charge in [0.1, 0.15) is 6.29 Å². The number of morpholine rings is 1. The molecule has 0 aromatic heterocycles. The van der Waals surface area contributed by atoms with Crippen LogP contribution >= 0.6 is 0 Å². The number of aldehydes is 1. The van der Waals surface area contributed by atoms with Crippen molar-refractivity contribution in [3.63, 3.8) is 0 Å². The Morgan fingerprint density at radius 1 is 1.27 bits per heavy atom.